The Hall–Kier alpha value is -1.53. The standard InChI is InChI=1S/C17H15ClINO2/c1-2-22-17(21)16(11-12-7-3-5-9-14(12)19)20-15-10-6-4-8-13(15)18/h3-11,20H,2H2,1H3/b16-11-. The van der Waals surface area contributed by atoms with E-state index in [1.165, 1.54) is 0 Å². The van der Waals surface area contributed by atoms with Crippen LogP contribution in [0, 0.1) is 3.57 Å². The van der Waals surface area contributed by atoms with Gasteiger partial charge in [-0.05, 0) is 59.4 Å². The van der Waals surface area contributed by atoms with E-state index in [4.69, 9.17) is 16.3 Å². The maximum atomic E-state index is 12.2. The van der Waals surface area contributed by atoms with Crippen molar-refractivity contribution in [1.82, 2.24) is 0 Å². The molecule has 0 aliphatic rings. The zero-order valence-corrected chi connectivity index (χ0v) is 14.9. The summed E-state index contributed by atoms with van der Waals surface area (Å²) in [6, 6.07) is 15.0. The fourth-order valence-electron chi connectivity index (χ4n) is 1.81. The fraction of sp³-hybridized carbons (Fsp3) is 0.118. The van der Waals surface area contributed by atoms with E-state index in [1.54, 1.807) is 19.1 Å². The zero-order valence-electron chi connectivity index (χ0n) is 12.0. The smallest absolute Gasteiger partial charge is 0.354 e. The van der Waals surface area contributed by atoms with E-state index in [9.17, 15) is 4.79 Å². The van der Waals surface area contributed by atoms with Crippen molar-refractivity contribution < 1.29 is 9.53 Å². The Balaban J connectivity index is 2.37. The number of halogens is 2. The first-order chi connectivity index (χ1) is 10.6. The first-order valence-corrected chi connectivity index (χ1v) is 8.22. The molecule has 0 saturated heterocycles. The van der Waals surface area contributed by atoms with Gasteiger partial charge in [-0.1, -0.05) is 41.9 Å². The van der Waals surface area contributed by atoms with E-state index in [0.29, 0.717) is 23.0 Å². The van der Waals surface area contributed by atoms with Gasteiger partial charge in [-0.2, -0.15) is 0 Å². The number of rotatable bonds is 5. The molecule has 2 aromatic rings. The van der Waals surface area contributed by atoms with Crippen LogP contribution in [-0.2, 0) is 9.53 Å². The number of nitrogens with one attached hydrogen (secondary N) is 1. The molecule has 0 aliphatic heterocycles. The summed E-state index contributed by atoms with van der Waals surface area (Å²) in [6.07, 6.45) is 1.77. The highest BCUT2D eigenvalue weighted by molar-refractivity contribution is 14.1. The molecule has 0 aromatic heterocycles. The van der Waals surface area contributed by atoms with Crippen LogP contribution in [0.5, 0.6) is 0 Å². The third-order valence-corrected chi connectivity index (χ3v) is 4.16. The highest BCUT2D eigenvalue weighted by Gasteiger charge is 2.13. The van der Waals surface area contributed by atoms with Crippen LogP contribution in [0.2, 0.25) is 5.02 Å². The average molecular weight is 428 g/mol. The summed E-state index contributed by atoms with van der Waals surface area (Å²) < 4.78 is 6.16. The Labute approximate surface area is 148 Å². The summed E-state index contributed by atoms with van der Waals surface area (Å²) in [5, 5.41) is 3.60. The van der Waals surface area contributed by atoms with Crippen LogP contribution in [0.15, 0.2) is 54.2 Å². The minimum Gasteiger partial charge on any atom is -0.461 e. The van der Waals surface area contributed by atoms with E-state index < -0.39 is 5.97 Å². The minimum absolute atomic E-state index is 0.312. The molecule has 2 aromatic carbocycles. The fourth-order valence-corrected chi connectivity index (χ4v) is 2.54. The minimum atomic E-state index is -0.415. The lowest BCUT2D eigenvalue weighted by molar-refractivity contribution is -0.138. The molecule has 0 bridgehead atoms. The molecule has 0 amide bonds. The molecule has 1 N–H and O–H groups in total. The average Bonchev–Trinajstić information content (AvgIpc) is 2.51. The van der Waals surface area contributed by atoms with Crippen LogP contribution in [0.25, 0.3) is 6.08 Å². The van der Waals surface area contributed by atoms with E-state index >= 15 is 0 Å². The summed E-state index contributed by atoms with van der Waals surface area (Å²) in [7, 11) is 0. The monoisotopic (exact) mass is 427 g/mol. The normalized spacial score (nSPS) is 11.1. The Morgan fingerprint density at radius 1 is 1.23 bits per heavy atom. The van der Waals surface area contributed by atoms with Crippen molar-refractivity contribution in [1.29, 1.82) is 0 Å². The number of anilines is 1. The highest BCUT2D eigenvalue weighted by Crippen LogP contribution is 2.24. The second-order valence-corrected chi connectivity index (χ2v) is 5.97. The summed E-state index contributed by atoms with van der Waals surface area (Å²) >= 11 is 8.37. The van der Waals surface area contributed by atoms with Gasteiger partial charge in [-0.25, -0.2) is 4.79 Å². The number of hydrogen-bond acceptors (Lipinski definition) is 3. The molecule has 0 atom stereocenters. The van der Waals surface area contributed by atoms with Crippen LogP contribution < -0.4 is 5.32 Å². The van der Waals surface area contributed by atoms with Gasteiger partial charge < -0.3 is 10.1 Å². The van der Waals surface area contributed by atoms with Crippen LogP contribution >= 0.6 is 34.2 Å². The molecule has 5 heteroatoms. The lowest BCUT2D eigenvalue weighted by Crippen LogP contribution is -2.15. The van der Waals surface area contributed by atoms with Crippen LogP contribution in [0.4, 0.5) is 5.69 Å². The quantitative estimate of drug-likeness (QED) is 0.416. The summed E-state index contributed by atoms with van der Waals surface area (Å²) in [5.41, 5.74) is 1.94. The van der Waals surface area contributed by atoms with Crippen molar-refractivity contribution in [2.45, 2.75) is 6.92 Å². The first kappa shape index (κ1) is 16.8. The Bertz CT molecular complexity index is 701. The van der Waals surface area contributed by atoms with Gasteiger partial charge in [0.05, 0.1) is 17.3 Å². The molecule has 0 spiro atoms. The van der Waals surface area contributed by atoms with Crippen molar-refractivity contribution in [3.05, 3.63) is 68.4 Å². The Kier molecular flexibility index (Phi) is 6.27. The molecular weight excluding hydrogens is 413 g/mol. The Morgan fingerprint density at radius 2 is 1.91 bits per heavy atom. The number of esters is 1. The van der Waals surface area contributed by atoms with Crippen LogP contribution in [0.3, 0.4) is 0 Å². The SMILES string of the molecule is CCOC(=O)/C(=C/c1ccccc1I)Nc1ccccc1Cl. The molecular formula is C17H15ClINO2. The number of carbonyl (C=O) groups is 1. The molecule has 0 heterocycles. The molecule has 0 aliphatic carbocycles. The lowest BCUT2D eigenvalue weighted by Gasteiger charge is -2.12. The lowest BCUT2D eigenvalue weighted by atomic mass is 10.2. The third-order valence-electron chi connectivity index (χ3n) is 2.84. The van der Waals surface area contributed by atoms with E-state index in [1.807, 2.05) is 42.5 Å². The maximum absolute atomic E-state index is 12.2. The van der Waals surface area contributed by atoms with Gasteiger partial charge in [-0.15, -0.1) is 0 Å². The molecule has 3 nitrogen and oxygen atoms in total. The third kappa shape index (κ3) is 4.48. The maximum Gasteiger partial charge on any atom is 0.354 e. The van der Waals surface area contributed by atoms with Gasteiger partial charge in [-0.3, -0.25) is 0 Å². The van der Waals surface area contributed by atoms with Gasteiger partial charge in [0.2, 0.25) is 0 Å². The van der Waals surface area contributed by atoms with Crippen molar-refractivity contribution in [2.75, 3.05) is 11.9 Å². The van der Waals surface area contributed by atoms with Gasteiger partial charge in [0.25, 0.3) is 0 Å². The topological polar surface area (TPSA) is 38.3 Å². The number of benzene rings is 2. The second kappa shape index (κ2) is 8.19. The molecule has 22 heavy (non-hydrogen) atoms. The molecule has 2 rings (SSSR count). The van der Waals surface area contributed by atoms with E-state index in [-0.39, 0.29) is 0 Å². The number of carbonyl (C=O) groups excluding carboxylic acids is 1. The summed E-state index contributed by atoms with van der Waals surface area (Å²) in [6.45, 7) is 2.09. The zero-order chi connectivity index (χ0) is 15.9. The van der Waals surface area contributed by atoms with Crippen molar-refractivity contribution in [3.8, 4) is 0 Å². The van der Waals surface area contributed by atoms with Gasteiger partial charge >= 0.3 is 5.97 Å². The Morgan fingerprint density at radius 3 is 2.59 bits per heavy atom. The molecule has 0 saturated carbocycles. The molecule has 0 radical (unpaired) electrons. The predicted molar refractivity (Wildman–Crippen MR) is 98.8 cm³/mol. The van der Waals surface area contributed by atoms with Crippen LogP contribution in [-0.4, -0.2) is 12.6 Å². The molecule has 114 valence electrons. The predicted octanol–water partition coefficient (Wildman–Crippen LogP) is 4.96. The highest BCUT2D eigenvalue weighted by atomic mass is 127. The van der Waals surface area contributed by atoms with Crippen LogP contribution in [0.1, 0.15) is 12.5 Å². The summed E-state index contributed by atoms with van der Waals surface area (Å²) in [5.74, 6) is -0.415. The van der Waals surface area contributed by atoms with E-state index in [0.717, 1.165) is 9.13 Å². The number of ether oxygens (including phenoxy) is 1. The van der Waals surface area contributed by atoms with Crippen molar-refractivity contribution in [3.63, 3.8) is 0 Å². The van der Waals surface area contributed by atoms with Gasteiger partial charge in [0, 0.05) is 3.57 Å². The first-order valence-electron chi connectivity index (χ1n) is 6.76. The van der Waals surface area contributed by atoms with Crippen molar-refractivity contribution in [2.24, 2.45) is 0 Å². The number of para-hydroxylation sites is 1. The van der Waals surface area contributed by atoms with Gasteiger partial charge in [0.15, 0.2) is 0 Å². The largest absolute Gasteiger partial charge is 0.461 e. The molecule has 0 unspecified atom stereocenters. The van der Waals surface area contributed by atoms with E-state index in [2.05, 4.69) is 27.9 Å². The molecule has 0 fully saturated rings. The second-order valence-electron chi connectivity index (χ2n) is 4.40. The number of hydrogen-bond donors (Lipinski definition) is 1. The summed E-state index contributed by atoms with van der Waals surface area (Å²) in [4.78, 5) is 12.2. The van der Waals surface area contributed by atoms with Gasteiger partial charge in [0.1, 0.15) is 5.70 Å². The van der Waals surface area contributed by atoms with Crippen molar-refractivity contribution >= 4 is 51.9 Å².